The van der Waals surface area contributed by atoms with Crippen LogP contribution in [0.5, 0.6) is 5.75 Å². The normalized spacial score (nSPS) is 17.0. The number of aliphatic imine (C=N–C) groups is 1. The Kier molecular flexibility index (Phi) is 5.32. The number of benzene rings is 2. The highest BCUT2D eigenvalue weighted by Gasteiger charge is 2.33. The van der Waals surface area contributed by atoms with E-state index in [4.69, 9.17) is 4.74 Å². The lowest BCUT2D eigenvalue weighted by atomic mass is 10.1. The Bertz CT molecular complexity index is 1010. The highest BCUT2D eigenvalue weighted by molar-refractivity contribution is 8.18. The van der Waals surface area contributed by atoms with Crippen molar-refractivity contribution in [1.82, 2.24) is 0 Å². The Labute approximate surface area is 159 Å². The maximum Gasteiger partial charge on any atom is 0.344 e. The van der Waals surface area contributed by atoms with Crippen LogP contribution < -0.4 is 0 Å². The van der Waals surface area contributed by atoms with E-state index in [1.807, 2.05) is 13.0 Å². The Morgan fingerprint density at radius 2 is 2.00 bits per heavy atom. The first-order chi connectivity index (χ1) is 12.9. The Morgan fingerprint density at radius 1 is 1.22 bits per heavy atom. The predicted octanol–water partition coefficient (Wildman–Crippen LogP) is 4.64. The minimum Gasteiger partial charge on any atom is -0.507 e. The molecule has 1 aliphatic rings. The topological polar surface area (TPSA) is 79.1 Å². The Hall–Kier alpha value is -3.06. The molecule has 1 heterocycles. The number of aromatic hydroxyl groups is 1. The number of hydrogen-bond acceptors (Lipinski definition) is 6. The molecule has 0 fully saturated rings. The van der Waals surface area contributed by atoms with Crippen LogP contribution >= 0.6 is 11.8 Å². The second-order valence-corrected chi connectivity index (χ2v) is 6.82. The van der Waals surface area contributed by atoms with Gasteiger partial charge in [-0.15, -0.1) is 0 Å². The van der Waals surface area contributed by atoms with Crippen molar-refractivity contribution in [3.63, 3.8) is 0 Å². The zero-order valence-electron chi connectivity index (χ0n) is 14.6. The molecule has 2 aromatic carbocycles. The lowest BCUT2D eigenvalue weighted by molar-refractivity contribution is -0.135. The number of aliphatic hydroxyl groups is 1. The molecule has 27 heavy (non-hydrogen) atoms. The maximum absolute atomic E-state index is 13.4. The van der Waals surface area contributed by atoms with Crippen molar-refractivity contribution in [3.8, 4) is 5.75 Å². The van der Waals surface area contributed by atoms with Crippen molar-refractivity contribution < 1.29 is 24.1 Å². The molecule has 1 aliphatic heterocycles. The molecule has 0 radical (unpaired) electrons. The summed E-state index contributed by atoms with van der Waals surface area (Å²) >= 11 is 1.03. The molecule has 0 spiro atoms. The third kappa shape index (κ3) is 4.03. The number of nitrogens with zero attached hydrogens (tertiary/aromatic N) is 1. The van der Waals surface area contributed by atoms with Crippen LogP contribution in [0.1, 0.15) is 11.1 Å². The van der Waals surface area contributed by atoms with Crippen molar-refractivity contribution in [3.05, 3.63) is 75.6 Å². The molecule has 5 nitrogen and oxygen atoms in total. The van der Waals surface area contributed by atoms with Crippen molar-refractivity contribution >= 4 is 34.5 Å². The van der Waals surface area contributed by atoms with Gasteiger partial charge in [0.1, 0.15) is 27.9 Å². The molecule has 0 atom stereocenters. The number of aliphatic hydroxyl groups excluding tert-OH is 1. The molecule has 0 saturated carbocycles. The van der Waals surface area contributed by atoms with E-state index in [2.05, 4.69) is 4.99 Å². The minimum absolute atomic E-state index is 0.0473. The second-order valence-electron chi connectivity index (χ2n) is 5.78. The summed E-state index contributed by atoms with van der Waals surface area (Å²) in [5.41, 5.74) is 1.55. The molecule has 0 amide bonds. The number of carbonyl (C=O) groups excluding carboxylic acids is 1. The Balaban J connectivity index is 2.07. The van der Waals surface area contributed by atoms with Gasteiger partial charge in [-0.1, -0.05) is 30.0 Å². The molecule has 138 valence electrons. The first-order valence-electron chi connectivity index (χ1n) is 7.94. The fourth-order valence-corrected chi connectivity index (χ4v) is 3.50. The summed E-state index contributed by atoms with van der Waals surface area (Å²) in [7, 11) is 1.20. The van der Waals surface area contributed by atoms with Gasteiger partial charge in [-0.25, -0.2) is 14.2 Å². The number of phenolic OH excluding ortho intramolecular Hbond substituents is 1. The van der Waals surface area contributed by atoms with Gasteiger partial charge in [-0.05, 0) is 42.8 Å². The van der Waals surface area contributed by atoms with Crippen LogP contribution in [0.2, 0.25) is 0 Å². The van der Waals surface area contributed by atoms with Gasteiger partial charge >= 0.3 is 5.97 Å². The van der Waals surface area contributed by atoms with Crippen LogP contribution in [-0.4, -0.2) is 28.3 Å². The first kappa shape index (κ1) is 18.7. The number of esters is 1. The minimum atomic E-state index is -0.758. The molecular weight excluding hydrogens is 369 g/mol. The molecule has 0 bridgehead atoms. The van der Waals surface area contributed by atoms with Gasteiger partial charge in [-0.3, -0.25) is 0 Å². The summed E-state index contributed by atoms with van der Waals surface area (Å²) in [6, 6.07) is 10.7. The van der Waals surface area contributed by atoms with Crippen LogP contribution in [-0.2, 0) is 9.53 Å². The quantitative estimate of drug-likeness (QED) is 0.753. The van der Waals surface area contributed by atoms with E-state index >= 15 is 0 Å². The lowest BCUT2D eigenvalue weighted by Crippen LogP contribution is -2.10. The van der Waals surface area contributed by atoms with Crippen molar-refractivity contribution in [1.29, 1.82) is 0 Å². The monoisotopic (exact) mass is 385 g/mol. The number of hydrogen-bond donors (Lipinski definition) is 2. The van der Waals surface area contributed by atoms with Gasteiger partial charge in [0.15, 0.2) is 0 Å². The van der Waals surface area contributed by atoms with Crippen molar-refractivity contribution in [2.24, 2.45) is 4.99 Å². The van der Waals surface area contributed by atoms with Gasteiger partial charge in [-0.2, -0.15) is 0 Å². The number of methoxy groups -OCH3 is 1. The van der Waals surface area contributed by atoms with E-state index in [0.717, 1.165) is 17.3 Å². The molecule has 2 N–H and O–H groups in total. The number of aryl methyl sites for hydroxylation is 1. The van der Waals surface area contributed by atoms with Crippen LogP contribution in [0, 0.1) is 12.7 Å². The molecule has 0 unspecified atom stereocenters. The fourth-order valence-electron chi connectivity index (χ4n) is 2.47. The molecular formula is C20H16FNO4S. The van der Waals surface area contributed by atoms with E-state index in [1.165, 1.54) is 25.3 Å². The summed E-state index contributed by atoms with van der Waals surface area (Å²) < 4.78 is 18.1. The van der Waals surface area contributed by atoms with Gasteiger partial charge in [0.25, 0.3) is 0 Å². The van der Waals surface area contributed by atoms with Crippen LogP contribution in [0.4, 0.5) is 10.1 Å². The standard InChI is InChI=1S/C20H16FNO4S/c1-11-6-7-12(15(23)8-11)9-16-18(24)17(20(25)26-2)19(27-16)22-14-5-3-4-13(21)10-14/h3-10,23-24H,1-2H3/b16-9+,22-19?. The first-order valence-corrected chi connectivity index (χ1v) is 8.76. The number of phenols is 1. The third-order valence-electron chi connectivity index (χ3n) is 3.79. The van der Waals surface area contributed by atoms with Gasteiger partial charge in [0, 0.05) is 5.56 Å². The average Bonchev–Trinajstić information content (AvgIpc) is 2.92. The van der Waals surface area contributed by atoms with E-state index in [1.54, 1.807) is 24.3 Å². The highest BCUT2D eigenvalue weighted by Crippen LogP contribution is 2.41. The average molecular weight is 385 g/mol. The third-order valence-corrected chi connectivity index (χ3v) is 4.81. The lowest BCUT2D eigenvalue weighted by Gasteiger charge is -2.02. The number of thioether (sulfide) groups is 1. The molecule has 0 aromatic heterocycles. The number of carbonyl (C=O) groups is 1. The SMILES string of the molecule is COC(=O)C1=C(O)/C(=C\c2ccc(C)cc2O)SC1=Nc1cccc(F)c1. The van der Waals surface area contributed by atoms with E-state index in [-0.39, 0.29) is 22.1 Å². The summed E-state index contributed by atoms with van der Waals surface area (Å²) in [5.74, 6) is -1.48. The summed E-state index contributed by atoms with van der Waals surface area (Å²) in [4.78, 5) is 16.7. The second kappa shape index (κ2) is 7.67. The zero-order chi connectivity index (χ0) is 19.6. The largest absolute Gasteiger partial charge is 0.507 e. The summed E-state index contributed by atoms with van der Waals surface area (Å²) in [6.07, 6.45) is 1.55. The fraction of sp³-hybridized carbons (Fsp3) is 0.100. The summed E-state index contributed by atoms with van der Waals surface area (Å²) in [6.45, 7) is 1.84. The van der Waals surface area contributed by atoms with E-state index < -0.39 is 11.8 Å². The molecule has 2 aromatic rings. The molecule has 7 heteroatoms. The Morgan fingerprint density at radius 3 is 2.67 bits per heavy atom. The van der Waals surface area contributed by atoms with Crippen LogP contribution in [0.15, 0.2) is 63.7 Å². The number of halogens is 1. The number of rotatable bonds is 3. The van der Waals surface area contributed by atoms with Crippen molar-refractivity contribution in [2.75, 3.05) is 7.11 Å². The van der Waals surface area contributed by atoms with E-state index in [9.17, 15) is 19.4 Å². The summed E-state index contributed by atoms with van der Waals surface area (Å²) in [5, 5.41) is 20.8. The highest BCUT2D eigenvalue weighted by atomic mass is 32.2. The van der Waals surface area contributed by atoms with Gasteiger partial charge < -0.3 is 14.9 Å². The molecule has 0 saturated heterocycles. The smallest absolute Gasteiger partial charge is 0.344 e. The van der Waals surface area contributed by atoms with Crippen molar-refractivity contribution in [2.45, 2.75) is 6.92 Å². The van der Waals surface area contributed by atoms with Gasteiger partial charge in [0.2, 0.25) is 0 Å². The van der Waals surface area contributed by atoms with Crippen LogP contribution in [0.25, 0.3) is 6.08 Å². The molecule has 0 aliphatic carbocycles. The maximum atomic E-state index is 13.4. The van der Waals surface area contributed by atoms with Gasteiger partial charge in [0.05, 0.1) is 17.7 Å². The molecule has 3 rings (SSSR count). The number of ether oxygens (including phenoxy) is 1. The predicted molar refractivity (Wildman–Crippen MR) is 104 cm³/mol. The van der Waals surface area contributed by atoms with E-state index in [0.29, 0.717) is 16.2 Å². The zero-order valence-corrected chi connectivity index (χ0v) is 15.4. The van der Waals surface area contributed by atoms with Crippen LogP contribution in [0.3, 0.4) is 0 Å².